The average molecular weight is 1720 g/mol. The first kappa shape index (κ1) is 84.2. The highest BCUT2D eigenvalue weighted by molar-refractivity contribution is 5.98. The Balaban J connectivity index is 0.613. The molecule has 4 aliphatic rings. The van der Waals surface area contributed by atoms with Gasteiger partial charge in [0.25, 0.3) is 0 Å². The van der Waals surface area contributed by atoms with Crippen LogP contribution in [0.3, 0.4) is 0 Å². The summed E-state index contributed by atoms with van der Waals surface area (Å²) in [5.74, 6) is 0.538. The quantitative estimate of drug-likeness (QED) is 0.0469. The first-order valence-electron chi connectivity index (χ1n) is 47.9. The SMILES string of the molecule is CC(CC(CC(ON(C(c1ccccc1)C(C)C)C(C)(C)C)c1ccc(-c2cccc(C(c3ccc(-c4ccccc4)cc3)c3ccc4c(c3)C(C)(C)c3ccccc3-4)c2)cc1)c1ccc(-c2ccc3c(c2)C2(c4ccccc4-3)c3ccccc3-c3ccc(-c4ccc(N(c5ccc(-c6ccccc6)cc5)c5ccc6c(c5)C(C)(C)c5ccccc5-6)cc4)cc32)cc1)c1ccccc1. The maximum absolute atomic E-state index is 8.02. The summed E-state index contributed by atoms with van der Waals surface area (Å²) in [7, 11) is 0. The Morgan fingerprint density at radius 3 is 1.07 bits per heavy atom. The molecule has 1 spiro atoms. The van der Waals surface area contributed by atoms with E-state index in [0.717, 1.165) is 41.0 Å². The molecule has 133 heavy (non-hydrogen) atoms. The molecule has 0 saturated heterocycles. The van der Waals surface area contributed by atoms with Gasteiger partial charge < -0.3 is 4.90 Å². The van der Waals surface area contributed by atoms with Gasteiger partial charge in [-0.1, -0.05) is 437 Å². The Hall–Kier alpha value is -14.3. The molecule has 18 aromatic rings. The smallest absolute Gasteiger partial charge is 0.105 e. The van der Waals surface area contributed by atoms with Crippen LogP contribution in [0.2, 0.25) is 0 Å². The molecule has 4 aliphatic carbocycles. The lowest BCUT2D eigenvalue weighted by Crippen LogP contribution is -2.46. The van der Waals surface area contributed by atoms with Crippen molar-refractivity contribution in [3.05, 3.63) is 520 Å². The van der Waals surface area contributed by atoms with Crippen molar-refractivity contribution in [2.45, 2.75) is 134 Å². The molecular weight excluding hydrogens is 1610 g/mol. The summed E-state index contributed by atoms with van der Waals surface area (Å²) in [5.41, 5.74) is 44.0. The van der Waals surface area contributed by atoms with E-state index in [1.54, 1.807) is 0 Å². The second-order valence-corrected chi connectivity index (χ2v) is 40.0. The second-order valence-electron chi connectivity index (χ2n) is 40.0. The molecule has 0 amide bonds. The van der Waals surface area contributed by atoms with Gasteiger partial charge in [0.15, 0.2) is 0 Å². The van der Waals surface area contributed by atoms with Gasteiger partial charge in [-0.15, -0.1) is 0 Å². The van der Waals surface area contributed by atoms with E-state index in [-0.39, 0.29) is 52.2 Å². The van der Waals surface area contributed by atoms with E-state index in [9.17, 15) is 0 Å². The molecular formula is C130H112N2O. The van der Waals surface area contributed by atoms with E-state index < -0.39 is 5.41 Å². The van der Waals surface area contributed by atoms with E-state index in [1.165, 1.54) is 172 Å². The molecule has 0 radical (unpaired) electrons. The fourth-order valence-corrected chi connectivity index (χ4v) is 23.2. The Morgan fingerprint density at radius 1 is 0.248 bits per heavy atom. The number of hydrogen-bond donors (Lipinski definition) is 0. The average Bonchev–Trinajstić information content (AvgIpc) is 1.50. The van der Waals surface area contributed by atoms with Crippen LogP contribution in [0.1, 0.15) is 195 Å². The van der Waals surface area contributed by atoms with Crippen molar-refractivity contribution in [2.24, 2.45) is 5.92 Å². The summed E-state index contributed by atoms with van der Waals surface area (Å²) < 4.78 is 0. The molecule has 648 valence electrons. The Bertz CT molecular complexity index is 7340. The molecule has 0 fully saturated rings. The number of anilines is 3. The van der Waals surface area contributed by atoms with E-state index in [0.29, 0.717) is 0 Å². The molecule has 22 rings (SSSR count). The molecule has 0 aliphatic heterocycles. The van der Waals surface area contributed by atoms with Crippen LogP contribution in [0.15, 0.2) is 437 Å². The van der Waals surface area contributed by atoms with E-state index in [2.05, 4.69) is 516 Å². The molecule has 3 heteroatoms. The molecule has 18 aromatic carbocycles. The van der Waals surface area contributed by atoms with Crippen molar-refractivity contribution in [3.63, 3.8) is 0 Å². The minimum atomic E-state index is -0.589. The predicted molar refractivity (Wildman–Crippen MR) is 556 cm³/mol. The van der Waals surface area contributed by atoms with Crippen molar-refractivity contribution in [3.8, 4) is 100 Å². The molecule has 6 atom stereocenters. The third-order valence-corrected chi connectivity index (χ3v) is 29.9. The summed E-state index contributed by atoms with van der Waals surface area (Å²) in [6.45, 7) is 23.6. The van der Waals surface area contributed by atoms with Gasteiger partial charge in [-0.25, -0.2) is 0 Å². The minimum Gasteiger partial charge on any atom is -0.310 e. The Morgan fingerprint density at radius 2 is 0.579 bits per heavy atom. The maximum Gasteiger partial charge on any atom is 0.105 e. The number of benzene rings is 18. The monoisotopic (exact) mass is 1720 g/mol. The first-order chi connectivity index (χ1) is 64.8. The second kappa shape index (κ2) is 34.1. The van der Waals surface area contributed by atoms with E-state index >= 15 is 0 Å². The van der Waals surface area contributed by atoms with Crippen LogP contribution in [-0.2, 0) is 21.1 Å². The Labute approximate surface area is 786 Å². The van der Waals surface area contributed by atoms with Crippen LogP contribution in [0.25, 0.3) is 100 Å². The number of hydrogen-bond acceptors (Lipinski definition) is 3. The van der Waals surface area contributed by atoms with Gasteiger partial charge in [0, 0.05) is 39.3 Å². The minimum absolute atomic E-state index is 0.0257. The highest BCUT2D eigenvalue weighted by atomic mass is 16.7. The van der Waals surface area contributed by atoms with Crippen LogP contribution in [0, 0.1) is 5.92 Å². The summed E-state index contributed by atoms with van der Waals surface area (Å²) in [4.78, 5) is 10.5. The zero-order valence-corrected chi connectivity index (χ0v) is 77.8. The molecule has 6 unspecified atom stereocenters. The normalized spacial score (nSPS) is 15.5. The van der Waals surface area contributed by atoms with Crippen LogP contribution in [0.4, 0.5) is 17.1 Å². The van der Waals surface area contributed by atoms with Gasteiger partial charge in [0.2, 0.25) is 0 Å². The van der Waals surface area contributed by atoms with Crippen molar-refractivity contribution in [1.82, 2.24) is 5.06 Å². The van der Waals surface area contributed by atoms with Gasteiger partial charge in [0.1, 0.15) is 6.10 Å². The van der Waals surface area contributed by atoms with Gasteiger partial charge in [0.05, 0.1) is 11.5 Å². The standard InChI is InChI=1S/C130H112N2O/c1-85(2)126(98-38-21-14-22-39-98)132(127(4,5)6)133-124(96-58-54-92(55-59-96)99-40-31-41-102(79-99)125(97-60-56-90(57-61-97)88-34-17-12-18-35-88)103-68-76-112-108-42-23-27-46-116(108)128(7,8)120(112)82-103)83-104(78-86(3)87-32-15-11-16-33-87)95-52-50-93(51-53-95)100-66-74-114-110-44-25-29-48-118(110)130(122(114)80-100)119-49-30-26-45-111(119)115-75-67-101(81-123(115)130)94-64-71-106(72-65-94)131(105-69-62-91(63-70-105)89-36-19-13-20-37-89)107-73-77-113-109-43-24-28-47-117(109)129(9,10)121(113)84-107/h11-77,79-82,84-86,104,124-126H,78,83H2,1-10H3. The summed E-state index contributed by atoms with van der Waals surface area (Å²) in [6.07, 6.45) is 1.31. The molecule has 0 bridgehead atoms. The maximum atomic E-state index is 8.02. The lowest BCUT2D eigenvalue weighted by atomic mass is 9.70. The van der Waals surface area contributed by atoms with Crippen LogP contribution in [-0.4, -0.2) is 10.6 Å². The van der Waals surface area contributed by atoms with Crippen molar-refractivity contribution in [1.29, 1.82) is 0 Å². The highest BCUT2D eigenvalue weighted by Gasteiger charge is 2.52. The van der Waals surface area contributed by atoms with Gasteiger partial charge in [-0.2, -0.15) is 5.06 Å². The first-order valence-corrected chi connectivity index (χ1v) is 47.9. The largest absolute Gasteiger partial charge is 0.310 e. The Kier molecular flexibility index (Phi) is 21.6. The summed E-state index contributed by atoms with van der Waals surface area (Å²) in [6, 6.07) is 165. The van der Waals surface area contributed by atoms with Crippen LogP contribution in [0.5, 0.6) is 0 Å². The number of rotatable bonds is 23. The number of hydroxylamine groups is 2. The molecule has 0 N–H and O–H groups in total. The van der Waals surface area contributed by atoms with E-state index in [4.69, 9.17) is 4.84 Å². The number of fused-ring (bicyclic) bond motifs is 16. The van der Waals surface area contributed by atoms with Crippen LogP contribution < -0.4 is 4.90 Å². The van der Waals surface area contributed by atoms with Crippen LogP contribution >= 0.6 is 0 Å². The summed E-state index contributed by atoms with van der Waals surface area (Å²) in [5, 5.41) is 2.36. The third-order valence-electron chi connectivity index (χ3n) is 29.9. The predicted octanol–water partition coefficient (Wildman–Crippen LogP) is 34.5. The molecule has 0 saturated carbocycles. The molecule has 0 aromatic heterocycles. The van der Waals surface area contributed by atoms with Crippen molar-refractivity contribution >= 4 is 17.1 Å². The van der Waals surface area contributed by atoms with Crippen molar-refractivity contribution in [2.75, 3.05) is 4.90 Å². The number of nitrogens with zero attached hydrogens (tertiary/aromatic N) is 2. The fourth-order valence-electron chi connectivity index (χ4n) is 23.2. The zero-order chi connectivity index (χ0) is 90.4. The molecule has 0 heterocycles. The lowest BCUT2D eigenvalue weighted by molar-refractivity contribution is -0.278. The molecule has 3 nitrogen and oxygen atoms in total. The topological polar surface area (TPSA) is 15.7 Å². The van der Waals surface area contributed by atoms with E-state index in [1.807, 2.05) is 0 Å². The van der Waals surface area contributed by atoms with Gasteiger partial charge in [-0.3, -0.25) is 4.84 Å². The highest BCUT2D eigenvalue weighted by Crippen LogP contribution is 2.64. The van der Waals surface area contributed by atoms with Gasteiger partial charge >= 0.3 is 0 Å². The van der Waals surface area contributed by atoms with Gasteiger partial charge in [-0.05, 0) is 283 Å². The zero-order valence-electron chi connectivity index (χ0n) is 77.8. The summed E-state index contributed by atoms with van der Waals surface area (Å²) >= 11 is 0. The fraction of sp³-hybridized carbons (Fsp3) is 0.169. The third kappa shape index (κ3) is 15.0. The lowest BCUT2D eigenvalue weighted by Gasteiger charge is -2.45. The van der Waals surface area contributed by atoms with Crippen molar-refractivity contribution < 1.29 is 4.84 Å².